The van der Waals surface area contributed by atoms with Crippen LogP contribution in [0.25, 0.3) is 0 Å². The van der Waals surface area contributed by atoms with Gasteiger partial charge in [0.05, 0.1) is 40.9 Å². The quantitative estimate of drug-likeness (QED) is 0.445. The monoisotopic (exact) mass is 302 g/mol. The van der Waals surface area contributed by atoms with Crippen LogP contribution in [0, 0.1) is 0 Å². The van der Waals surface area contributed by atoms with Gasteiger partial charge in [-0.15, -0.1) is 0 Å². The van der Waals surface area contributed by atoms with Crippen molar-refractivity contribution in [3.8, 4) is 0 Å². The van der Waals surface area contributed by atoms with E-state index in [1.54, 1.807) is 20.8 Å². The molecule has 0 amide bonds. The maximum absolute atomic E-state index is 10.4. The third-order valence-electron chi connectivity index (χ3n) is 2.03. The Labute approximate surface area is 129 Å². The number of nitrogens with zero attached hydrogens (tertiary/aromatic N) is 1. The van der Waals surface area contributed by atoms with Gasteiger partial charge in [0.15, 0.2) is 0 Å². The van der Waals surface area contributed by atoms with Gasteiger partial charge in [-0.25, -0.2) is 9.59 Å². The first kappa shape index (κ1) is 24.4. The standard InChI is InChI=1S/C6H10O2.C5H14N.C5H8O2/c1-4-8-6(7)5(2)3;1-5-6(2,3)4;1-3-5(6)7-4-2/h2,4H2,1,3H3;5H2,1-4H3;3H,1,4H2,2H3/q;+1;. The molecule has 5 heteroatoms. The molecule has 5 nitrogen and oxygen atoms in total. The molecule has 0 aromatic heterocycles. The van der Waals surface area contributed by atoms with Crippen LogP contribution >= 0.6 is 0 Å². The van der Waals surface area contributed by atoms with Gasteiger partial charge in [-0.3, -0.25) is 0 Å². The first-order valence-corrected chi connectivity index (χ1v) is 6.97. The van der Waals surface area contributed by atoms with Crippen molar-refractivity contribution in [1.82, 2.24) is 0 Å². The maximum atomic E-state index is 10.4. The Morgan fingerprint density at radius 1 is 1.05 bits per heavy atom. The van der Waals surface area contributed by atoms with E-state index in [0.717, 1.165) is 10.6 Å². The molecular weight excluding hydrogens is 270 g/mol. The molecule has 0 spiro atoms. The normalized spacial score (nSPS) is 9.10. The van der Waals surface area contributed by atoms with Crippen molar-refractivity contribution in [3.63, 3.8) is 0 Å². The summed E-state index contributed by atoms with van der Waals surface area (Å²) in [6.07, 6.45) is 1.14. The number of esters is 2. The lowest BCUT2D eigenvalue weighted by Crippen LogP contribution is -2.33. The van der Waals surface area contributed by atoms with E-state index in [1.165, 1.54) is 6.54 Å². The summed E-state index contributed by atoms with van der Waals surface area (Å²) < 4.78 is 10.1. The lowest BCUT2D eigenvalue weighted by atomic mass is 10.4. The molecule has 0 N–H and O–H groups in total. The van der Waals surface area contributed by atoms with Crippen LogP contribution in [0.3, 0.4) is 0 Å². The van der Waals surface area contributed by atoms with E-state index >= 15 is 0 Å². The van der Waals surface area contributed by atoms with Gasteiger partial charge >= 0.3 is 11.9 Å². The average molecular weight is 302 g/mol. The van der Waals surface area contributed by atoms with Gasteiger partial charge < -0.3 is 14.0 Å². The van der Waals surface area contributed by atoms with E-state index < -0.39 is 0 Å². The van der Waals surface area contributed by atoms with Crippen molar-refractivity contribution in [1.29, 1.82) is 0 Å². The first-order chi connectivity index (χ1) is 9.55. The Kier molecular flexibility index (Phi) is 17.2. The lowest BCUT2D eigenvalue weighted by molar-refractivity contribution is -0.868. The molecule has 0 aliphatic carbocycles. The molecule has 0 saturated carbocycles. The minimum absolute atomic E-state index is 0.312. The van der Waals surface area contributed by atoms with Crippen LogP contribution in [0.2, 0.25) is 0 Å². The van der Waals surface area contributed by atoms with Crippen LogP contribution in [-0.4, -0.2) is 57.3 Å². The molecule has 0 aromatic rings. The van der Waals surface area contributed by atoms with E-state index in [9.17, 15) is 9.59 Å². The van der Waals surface area contributed by atoms with Crippen LogP contribution < -0.4 is 0 Å². The summed E-state index contributed by atoms with van der Waals surface area (Å²) in [6.45, 7) is 16.0. The van der Waals surface area contributed by atoms with Crippen LogP contribution in [0.1, 0.15) is 27.7 Å². The molecule has 0 atom stereocenters. The highest BCUT2D eigenvalue weighted by Crippen LogP contribution is 1.89. The fourth-order valence-corrected chi connectivity index (χ4v) is 0.455. The van der Waals surface area contributed by atoms with E-state index in [1.807, 2.05) is 0 Å². The zero-order valence-electron chi connectivity index (χ0n) is 14.7. The summed E-state index contributed by atoms with van der Waals surface area (Å²) in [5.74, 6) is -0.671. The SMILES string of the molecule is C=C(C)C(=O)OCC.C=CC(=O)OCC.CC[N+](C)(C)C. The van der Waals surface area contributed by atoms with Crippen LogP contribution in [0.5, 0.6) is 0 Å². The molecular formula is C16H32NO4+. The van der Waals surface area contributed by atoms with Gasteiger partial charge in [0, 0.05) is 11.6 Å². The Balaban J connectivity index is -0.000000234. The minimum atomic E-state index is -0.359. The molecule has 0 aliphatic rings. The summed E-state index contributed by atoms with van der Waals surface area (Å²) in [7, 11) is 6.54. The van der Waals surface area contributed by atoms with E-state index in [4.69, 9.17) is 0 Å². The summed E-state index contributed by atoms with van der Waals surface area (Å²) >= 11 is 0. The topological polar surface area (TPSA) is 52.6 Å². The number of ether oxygens (including phenoxy) is 2. The van der Waals surface area contributed by atoms with Crippen molar-refractivity contribution in [2.75, 3.05) is 40.9 Å². The highest BCUT2D eigenvalue weighted by Gasteiger charge is 1.98. The average Bonchev–Trinajstić information content (AvgIpc) is 2.39. The van der Waals surface area contributed by atoms with Gasteiger partial charge in [0.2, 0.25) is 0 Å². The number of quaternary nitrogens is 1. The molecule has 0 rings (SSSR count). The lowest BCUT2D eigenvalue weighted by Gasteiger charge is -2.20. The Morgan fingerprint density at radius 3 is 1.52 bits per heavy atom. The molecule has 124 valence electrons. The second-order valence-electron chi connectivity index (χ2n) is 5.06. The number of rotatable bonds is 5. The third kappa shape index (κ3) is 27.5. The molecule has 0 saturated heterocycles. The fourth-order valence-electron chi connectivity index (χ4n) is 0.455. The minimum Gasteiger partial charge on any atom is -0.463 e. The number of carbonyl (C=O) groups excluding carboxylic acids is 2. The Bertz CT molecular complexity index is 317. The molecule has 0 heterocycles. The highest BCUT2D eigenvalue weighted by molar-refractivity contribution is 5.86. The number of hydrogen-bond acceptors (Lipinski definition) is 4. The van der Waals surface area contributed by atoms with Crippen LogP contribution in [0.4, 0.5) is 0 Å². The van der Waals surface area contributed by atoms with Gasteiger partial charge in [-0.2, -0.15) is 0 Å². The van der Waals surface area contributed by atoms with Crippen molar-refractivity contribution in [3.05, 3.63) is 24.8 Å². The van der Waals surface area contributed by atoms with Crippen LogP contribution in [0.15, 0.2) is 24.8 Å². The Morgan fingerprint density at radius 2 is 1.43 bits per heavy atom. The highest BCUT2D eigenvalue weighted by atomic mass is 16.5. The fraction of sp³-hybridized carbons (Fsp3) is 0.625. The molecule has 0 radical (unpaired) electrons. The number of carbonyl (C=O) groups is 2. The van der Waals surface area contributed by atoms with Gasteiger partial charge in [0.25, 0.3) is 0 Å². The zero-order chi connectivity index (χ0) is 17.5. The summed E-state index contributed by atoms with van der Waals surface area (Å²) in [4.78, 5) is 20.5. The second kappa shape index (κ2) is 14.8. The maximum Gasteiger partial charge on any atom is 0.333 e. The van der Waals surface area contributed by atoms with Gasteiger partial charge in [-0.05, 0) is 27.7 Å². The van der Waals surface area contributed by atoms with Gasteiger partial charge in [0.1, 0.15) is 0 Å². The zero-order valence-corrected chi connectivity index (χ0v) is 14.7. The summed E-state index contributed by atoms with van der Waals surface area (Å²) in [5, 5.41) is 0. The molecule has 0 unspecified atom stereocenters. The van der Waals surface area contributed by atoms with Crippen LogP contribution in [-0.2, 0) is 19.1 Å². The molecule has 0 aromatic carbocycles. The summed E-state index contributed by atoms with van der Waals surface area (Å²) in [5.41, 5.74) is 0.451. The van der Waals surface area contributed by atoms with Gasteiger partial charge in [-0.1, -0.05) is 13.2 Å². The molecule has 21 heavy (non-hydrogen) atoms. The van der Waals surface area contributed by atoms with Crippen molar-refractivity contribution < 1.29 is 23.5 Å². The third-order valence-corrected chi connectivity index (χ3v) is 2.03. The summed E-state index contributed by atoms with van der Waals surface area (Å²) in [6, 6.07) is 0. The molecule has 0 aliphatic heterocycles. The second-order valence-corrected chi connectivity index (χ2v) is 5.06. The predicted molar refractivity (Wildman–Crippen MR) is 86.9 cm³/mol. The first-order valence-electron chi connectivity index (χ1n) is 6.97. The van der Waals surface area contributed by atoms with E-state index in [2.05, 4.69) is 50.7 Å². The van der Waals surface area contributed by atoms with E-state index in [-0.39, 0.29) is 11.9 Å². The predicted octanol–water partition coefficient (Wildman–Crippen LogP) is 2.57. The molecule has 0 bridgehead atoms. The van der Waals surface area contributed by atoms with Crippen molar-refractivity contribution in [2.24, 2.45) is 0 Å². The van der Waals surface area contributed by atoms with Crippen molar-refractivity contribution >= 4 is 11.9 Å². The molecule has 0 fully saturated rings. The largest absolute Gasteiger partial charge is 0.463 e. The Hall–Kier alpha value is -1.62. The smallest absolute Gasteiger partial charge is 0.333 e. The van der Waals surface area contributed by atoms with E-state index in [0.29, 0.717) is 18.8 Å². The van der Waals surface area contributed by atoms with Crippen molar-refractivity contribution in [2.45, 2.75) is 27.7 Å². The number of hydrogen-bond donors (Lipinski definition) is 0.